The zero-order chi connectivity index (χ0) is 27.0. The summed E-state index contributed by atoms with van der Waals surface area (Å²) >= 11 is 0. The number of cyclic esters (lactones) is 6. The summed E-state index contributed by atoms with van der Waals surface area (Å²) in [5.41, 5.74) is 1.45. The molecular formula is C27H9N3O9. The summed E-state index contributed by atoms with van der Waals surface area (Å²) < 4.78 is 14.0. The topological polar surface area (TPSA) is 169 Å². The Hall–Kier alpha value is -5.91. The average molecular weight is 519 g/mol. The van der Waals surface area contributed by atoms with Crippen molar-refractivity contribution in [1.82, 2.24) is 15.0 Å². The van der Waals surface area contributed by atoms with Crippen molar-refractivity contribution in [2.24, 2.45) is 0 Å². The average Bonchev–Trinajstić information content (AvgIpc) is 3.51. The first-order valence-electron chi connectivity index (χ1n) is 11.3. The lowest BCUT2D eigenvalue weighted by atomic mass is 10.0. The summed E-state index contributed by atoms with van der Waals surface area (Å²) in [6.45, 7) is 0. The van der Waals surface area contributed by atoms with Crippen molar-refractivity contribution in [1.29, 1.82) is 0 Å². The van der Waals surface area contributed by atoms with Gasteiger partial charge in [0.25, 0.3) is 0 Å². The minimum atomic E-state index is -0.810. The minimum Gasteiger partial charge on any atom is -0.386 e. The normalized spacial score (nSPS) is 15.1. The van der Waals surface area contributed by atoms with E-state index in [9.17, 15) is 28.8 Å². The maximum atomic E-state index is 12.1. The first-order valence-corrected chi connectivity index (χ1v) is 11.3. The van der Waals surface area contributed by atoms with Crippen molar-refractivity contribution in [2.45, 2.75) is 0 Å². The van der Waals surface area contributed by atoms with Gasteiger partial charge in [-0.15, -0.1) is 0 Å². The van der Waals surface area contributed by atoms with Crippen molar-refractivity contribution in [3.8, 4) is 34.2 Å². The molecular weight excluding hydrogens is 510 g/mol. The zero-order valence-corrected chi connectivity index (χ0v) is 19.2. The van der Waals surface area contributed by atoms with E-state index >= 15 is 0 Å². The van der Waals surface area contributed by atoms with Gasteiger partial charge in [-0.2, -0.15) is 0 Å². The van der Waals surface area contributed by atoms with Crippen LogP contribution in [0.2, 0.25) is 0 Å². The zero-order valence-electron chi connectivity index (χ0n) is 19.2. The second-order valence-corrected chi connectivity index (χ2v) is 8.62. The minimum absolute atomic E-state index is 0.0404. The highest BCUT2D eigenvalue weighted by molar-refractivity contribution is 6.16. The van der Waals surface area contributed by atoms with Gasteiger partial charge in [0.2, 0.25) is 0 Å². The van der Waals surface area contributed by atoms with Gasteiger partial charge in [-0.1, -0.05) is 18.2 Å². The van der Waals surface area contributed by atoms with E-state index in [1.54, 1.807) is 0 Å². The van der Waals surface area contributed by atoms with Crippen LogP contribution in [0.5, 0.6) is 0 Å². The molecule has 3 aliphatic heterocycles. The summed E-state index contributed by atoms with van der Waals surface area (Å²) in [5, 5.41) is 0. The number of carbonyl (C=O) groups is 6. The monoisotopic (exact) mass is 519 g/mol. The molecule has 4 aromatic rings. The molecule has 0 N–H and O–H groups in total. The third-order valence-electron chi connectivity index (χ3n) is 6.34. The standard InChI is InChI=1S/C27H9N3O9/c31-22-13-4-1-10(7-16(13)25(34)37-22)19-28-20(11-2-5-14-17(8-11)26(35)38-23(14)32)30-21(29-19)12-3-6-15-18(9-12)27(36)39-24(15)33/h1-9H. The lowest BCUT2D eigenvalue weighted by Crippen LogP contribution is -2.03. The SMILES string of the molecule is O=C1OC(=O)c2cc(-c3nc(-c4ccc5c(c4)C(=O)OC5=O)nc(-c4ccc5c(c4)C(=O)OC5=O)n3)ccc21. The van der Waals surface area contributed by atoms with Crippen molar-refractivity contribution < 1.29 is 43.0 Å². The van der Waals surface area contributed by atoms with Crippen LogP contribution in [0.4, 0.5) is 0 Å². The quantitative estimate of drug-likeness (QED) is 0.221. The summed E-state index contributed by atoms with van der Waals surface area (Å²) in [6, 6.07) is 13.0. The highest BCUT2D eigenvalue weighted by atomic mass is 16.6. The van der Waals surface area contributed by atoms with Crippen LogP contribution in [0.3, 0.4) is 0 Å². The Morgan fingerprint density at radius 1 is 0.359 bits per heavy atom. The number of carbonyl (C=O) groups excluding carboxylic acids is 6. The molecule has 3 aromatic carbocycles. The Kier molecular flexibility index (Phi) is 4.46. The molecule has 12 heteroatoms. The Morgan fingerprint density at radius 3 is 0.897 bits per heavy atom. The van der Waals surface area contributed by atoms with Crippen LogP contribution in [0, 0.1) is 0 Å². The number of fused-ring (bicyclic) bond motifs is 3. The molecule has 1 aromatic heterocycles. The van der Waals surface area contributed by atoms with E-state index < -0.39 is 35.8 Å². The molecule has 0 saturated carbocycles. The van der Waals surface area contributed by atoms with Gasteiger partial charge in [0, 0.05) is 16.7 Å². The molecule has 0 radical (unpaired) electrons. The third kappa shape index (κ3) is 3.35. The lowest BCUT2D eigenvalue weighted by molar-refractivity contribution is 0.0425. The maximum absolute atomic E-state index is 12.1. The maximum Gasteiger partial charge on any atom is 0.346 e. The summed E-state index contributed by atoms with van der Waals surface area (Å²) in [6.07, 6.45) is 0. The number of ether oxygens (including phenoxy) is 3. The Morgan fingerprint density at radius 2 is 0.615 bits per heavy atom. The van der Waals surface area contributed by atoms with Crippen LogP contribution in [0.25, 0.3) is 34.2 Å². The lowest BCUT2D eigenvalue weighted by Gasteiger charge is -2.09. The second kappa shape index (κ2) is 7.79. The molecule has 0 aliphatic carbocycles. The van der Waals surface area contributed by atoms with Crippen LogP contribution < -0.4 is 0 Å². The molecule has 39 heavy (non-hydrogen) atoms. The first-order chi connectivity index (χ1) is 18.8. The number of nitrogens with zero attached hydrogens (tertiary/aromatic N) is 3. The number of esters is 6. The number of aromatic nitrogens is 3. The molecule has 4 heterocycles. The molecule has 12 nitrogen and oxygen atoms in total. The van der Waals surface area contributed by atoms with Crippen LogP contribution in [-0.2, 0) is 14.2 Å². The number of hydrogen-bond donors (Lipinski definition) is 0. The van der Waals surface area contributed by atoms with Crippen LogP contribution >= 0.6 is 0 Å². The molecule has 3 aliphatic rings. The van der Waals surface area contributed by atoms with Crippen molar-refractivity contribution >= 4 is 35.8 Å². The van der Waals surface area contributed by atoms with Gasteiger partial charge in [0.15, 0.2) is 17.5 Å². The fourth-order valence-electron chi connectivity index (χ4n) is 4.44. The van der Waals surface area contributed by atoms with Crippen molar-refractivity contribution in [3.05, 3.63) is 88.0 Å². The van der Waals surface area contributed by atoms with E-state index in [0.717, 1.165) is 0 Å². The van der Waals surface area contributed by atoms with E-state index in [0.29, 0.717) is 16.7 Å². The van der Waals surface area contributed by atoms with Gasteiger partial charge < -0.3 is 14.2 Å². The van der Waals surface area contributed by atoms with Crippen LogP contribution in [-0.4, -0.2) is 50.8 Å². The summed E-state index contributed by atoms with van der Waals surface area (Å²) in [7, 11) is 0. The molecule has 0 spiro atoms. The molecule has 7 rings (SSSR count). The molecule has 0 fully saturated rings. The molecule has 186 valence electrons. The first kappa shape index (κ1) is 22.3. The highest BCUT2D eigenvalue weighted by Crippen LogP contribution is 2.32. The Labute approximate surface area is 216 Å². The smallest absolute Gasteiger partial charge is 0.346 e. The molecule has 0 unspecified atom stereocenters. The number of rotatable bonds is 3. The Balaban J connectivity index is 1.42. The largest absolute Gasteiger partial charge is 0.386 e. The van der Waals surface area contributed by atoms with E-state index in [-0.39, 0.29) is 50.9 Å². The van der Waals surface area contributed by atoms with Crippen molar-refractivity contribution in [3.63, 3.8) is 0 Å². The molecule has 0 bridgehead atoms. The van der Waals surface area contributed by atoms with Crippen LogP contribution in [0.1, 0.15) is 62.1 Å². The second-order valence-electron chi connectivity index (χ2n) is 8.62. The molecule has 0 amide bonds. The van der Waals surface area contributed by atoms with E-state index in [1.165, 1.54) is 54.6 Å². The van der Waals surface area contributed by atoms with Gasteiger partial charge in [-0.3, -0.25) is 0 Å². The Bertz CT molecular complexity index is 1680. The van der Waals surface area contributed by atoms with Gasteiger partial charge in [-0.05, 0) is 36.4 Å². The predicted octanol–water partition coefficient (Wildman–Crippen LogP) is 2.80. The van der Waals surface area contributed by atoms with Crippen LogP contribution in [0.15, 0.2) is 54.6 Å². The molecule has 0 atom stereocenters. The third-order valence-corrected chi connectivity index (χ3v) is 6.34. The summed E-state index contributed by atoms with van der Waals surface area (Å²) in [4.78, 5) is 85.5. The fourth-order valence-corrected chi connectivity index (χ4v) is 4.44. The van der Waals surface area contributed by atoms with E-state index in [4.69, 9.17) is 0 Å². The van der Waals surface area contributed by atoms with Gasteiger partial charge >= 0.3 is 35.8 Å². The number of benzene rings is 3. The van der Waals surface area contributed by atoms with Gasteiger partial charge in [-0.25, -0.2) is 43.7 Å². The number of hydrogen-bond acceptors (Lipinski definition) is 12. The van der Waals surface area contributed by atoms with Gasteiger partial charge in [0.05, 0.1) is 33.4 Å². The van der Waals surface area contributed by atoms with Crippen molar-refractivity contribution in [2.75, 3.05) is 0 Å². The highest BCUT2D eigenvalue weighted by Gasteiger charge is 2.33. The van der Waals surface area contributed by atoms with E-state index in [2.05, 4.69) is 29.2 Å². The molecule has 0 saturated heterocycles. The predicted molar refractivity (Wildman–Crippen MR) is 125 cm³/mol. The van der Waals surface area contributed by atoms with Gasteiger partial charge in [0.1, 0.15) is 0 Å². The van der Waals surface area contributed by atoms with E-state index in [1.807, 2.05) is 0 Å². The summed E-state index contributed by atoms with van der Waals surface area (Å²) in [5.74, 6) is -4.47. The fraction of sp³-hybridized carbons (Fsp3) is 0.